The van der Waals surface area contributed by atoms with Crippen molar-refractivity contribution in [2.24, 2.45) is 5.73 Å². The molecule has 0 heterocycles. The molecular weight excluding hydrogens is 233 g/mol. The van der Waals surface area contributed by atoms with E-state index in [0.717, 1.165) is 0 Å². The Bertz CT molecular complexity index is 416. The smallest absolute Gasteiger partial charge is 0.154 e. The number of hydrogen-bond acceptors (Lipinski definition) is 4. The average molecular weight is 247 g/mol. The van der Waals surface area contributed by atoms with Crippen molar-refractivity contribution < 1.29 is 17.5 Å². The zero-order valence-corrected chi connectivity index (χ0v) is 9.54. The van der Waals surface area contributed by atoms with E-state index >= 15 is 0 Å². The van der Waals surface area contributed by atoms with Crippen LogP contribution in [-0.4, -0.2) is 33.1 Å². The lowest BCUT2D eigenvalue weighted by Gasteiger charge is -2.06. The Balaban J connectivity index is 2.39. The van der Waals surface area contributed by atoms with Gasteiger partial charge in [-0.3, -0.25) is 0 Å². The number of benzene rings is 1. The fourth-order valence-corrected chi connectivity index (χ4v) is 2.00. The van der Waals surface area contributed by atoms with Crippen molar-refractivity contribution in [1.29, 1.82) is 0 Å². The first-order chi connectivity index (χ1) is 7.53. The van der Waals surface area contributed by atoms with Gasteiger partial charge in [0.25, 0.3) is 0 Å². The van der Waals surface area contributed by atoms with Crippen LogP contribution >= 0.6 is 0 Å². The van der Waals surface area contributed by atoms with Crippen LogP contribution in [-0.2, 0) is 9.84 Å². The van der Waals surface area contributed by atoms with Gasteiger partial charge in [-0.05, 0) is 24.3 Å². The molecule has 16 heavy (non-hydrogen) atoms. The number of rotatable bonds is 6. The average Bonchev–Trinajstić information content (AvgIpc) is 2.20. The molecule has 1 rings (SSSR count). The topological polar surface area (TPSA) is 69.4 Å². The van der Waals surface area contributed by atoms with Crippen molar-refractivity contribution in [3.05, 3.63) is 30.1 Å². The fraction of sp³-hybridized carbons (Fsp3) is 0.400. The van der Waals surface area contributed by atoms with E-state index in [4.69, 9.17) is 10.5 Å². The number of hydrogen-bond donors (Lipinski definition) is 1. The molecule has 0 saturated heterocycles. The van der Waals surface area contributed by atoms with E-state index in [-0.39, 0.29) is 30.5 Å². The van der Waals surface area contributed by atoms with Crippen LogP contribution in [0.1, 0.15) is 0 Å². The van der Waals surface area contributed by atoms with Gasteiger partial charge in [0.15, 0.2) is 9.84 Å². The molecule has 1 aromatic carbocycles. The molecule has 90 valence electrons. The summed E-state index contributed by atoms with van der Waals surface area (Å²) in [5.41, 5.74) is 5.15. The highest BCUT2D eigenvalue weighted by Crippen LogP contribution is 2.10. The molecule has 0 saturated carbocycles. The van der Waals surface area contributed by atoms with Crippen molar-refractivity contribution in [3.63, 3.8) is 0 Å². The summed E-state index contributed by atoms with van der Waals surface area (Å²) in [6.07, 6.45) is 0. The van der Waals surface area contributed by atoms with Gasteiger partial charge in [-0.1, -0.05) is 0 Å². The van der Waals surface area contributed by atoms with E-state index in [0.29, 0.717) is 5.75 Å². The summed E-state index contributed by atoms with van der Waals surface area (Å²) in [4.78, 5) is 0. The summed E-state index contributed by atoms with van der Waals surface area (Å²) >= 11 is 0. The van der Waals surface area contributed by atoms with Crippen LogP contribution < -0.4 is 10.5 Å². The van der Waals surface area contributed by atoms with Gasteiger partial charge in [0, 0.05) is 6.54 Å². The predicted octanol–water partition coefficient (Wildman–Crippen LogP) is 0.578. The maximum atomic E-state index is 12.5. The maximum absolute atomic E-state index is 12.5. The third-order valence-electron chi connectivity index (χ3n) is 1.91. The Morgan fingerprint density at radius 2 is 1.81 bits per heavy atom. The van der Waals surface area contributed by atoms with Crippen molar-refractivity contribution >= 4 is 9.84 Å². The van der Waals surface area contributed by atoms with Gasteiger partial charge in [0.05, 0.1) is 11.5 Å². The number of ether oxygens (including phenoxy) is 1. The first-order valence-corrected chi connectivity index (χ1v) is 6.64. The van der Waals surface area contributed by atoms with Crippen molar-refractivity contribution in [2.75, 3.05) is 24.7 Å². The van der Waals surface area contributed by atoms with E-state index in [1.165, 1.54) is 24.3 Å². The second-order valence-corrected chi connectivity index (χ2v) is 5.55. The molecule has 4 nitrogen and oxygen atoms in total. The molecule has 0 aliphatic heterocycles. The summed E-state index contributed by atoms with van der Waals surface area (Å²) in [5.74, 6) is -0.0334. The van der Waals surface area contributed by atoms with E-state index in [1.807, 2.05) is 0 Å². The molecule has 0 spiro atoms. The van der Waals surface area contributed by atoms with Crippen molar-refractivity contribution in [1.82, 2.24) is 0 Å². The molecule has 0 aliphatic carbocycles. The van der Waals surface area contributed by atoms with Crippen molar-refractivity contribution in [3.8, 4) is 5.75 Å². The summed E-state index contributed by atoms with van der Waals surface area (Å²) in [7, 11) is -3.13. The third kappa shape index (κ3) is 4.59. The first-order valence-electron chi connectivity index (χ1n) is 4.82. The van der Waals surface area contributed by atoms with Gasteiger partial charge in [0.1, 0.15) is 18.2 Å². The fourth-order valence-electron chi connectivity index (χ4n) is 1.10. The van der Waals surface area contributed by atoms with Gasteiger partial charge in [-0.15, -0.1) is 0 Å². The standard InChI is InChI=1S/C10H14FNO3S/c11-9-1-3-10(4-2-9)15-6-8-16(13,14)7-5-12/h1-4H,5-8,12H2. The predicted molar refractivity (Wildman–Crippen MR) is 59.6 cm³/mol. The van der Waals surface area contributed by atoms with Gasteiger partial charge in [-0.25, -0.2) is 12.8 Å². The first kappa shape index (κ1) is 12.9. The van der Waals surface area contributed by atoms with Crippen LogP contribution in [0.3, 0.4) is 0 Å². The zero-order chi connectivity index (χ0) is 12.0. The van der Waals surface area contributed by atoms with Crippen LogP contribution in [0.2, 0.25) is 0 Å². The Morgan fingerprint density at radius 1 is 1.19 bits per heavy atom. The van der Waals surface area contributed by atoms with E-state index in [1.54, 1.807) is 0 Å². The zero-order valence-electron chi connectivity index (χ0n) is 8.73. The Labute approximate surface area is 94.1 Å². The lowest BCUT2D eigenvalue weighted by molar-refractivity contribution is 0.340. The molecular formula is C10H14FNO3S. The lowest BCUT2D eigenvalue weighted by atomic mass is 10.3. The maximum Gasteiger partial charge on any atom is 0.154 e. The molecule has 0 aliphatic rings. The summed E-state index contributed by atoms with van der Waals surface area (Å²) in [6, 6.07) is 5.41. The van der Waals surface area contributed by atoms with Crippen LogP contribution in [0.25, 0.3) is 0 Å². The summed E-state index contributed by atoms with van der Waals surface area (Å²) in [5, 5.41) is 0. The molecule has 1 aromatic rings. The SMILES string of the molecule is NCCS(=O)(=O)CCOc1ccc(F)cc1. The van der Waals surface area contributed by atoms with E-state index in [2.05, 4.69) is 0 Å². The Morgan fingerprint density at radius 3 is 2.38 bits per heavy atom. The second-order valence-electron chi connectivity index (χ2n) is 3.24. The van der Waals surface area contributed by atoms with E-state index < -0.39 is 9.84 Å². The van der Waals surface area contributed by atoms with Gasteiger partial charge in [0.2, 0.25) is 0 Å². The summed E-state index contributed by atoms with van der Waals surface area (Å²) < 4.78 is 40.2. The number of halogens is 1. The van der Waals surface area contributed by atoms with Gasteiger partial charge >= 0.3 is 0 Å². The summed E-state index contributed by atoms with van der Waals surface area (Å²) in [6.45, 7) is 0.160. The lowest BCUT2D eigenvalue weighted by Crippen LogP contribution is -2.21. The van der Waals surface area contributed by atoms with Crippen LogP contribution in [0.4, 0.5) is 4.39 Å². The third-order valence-corrected chi connectivity index (χ3v) is 3.55. The van der Waals surface area contributed by atoms with Crippen molar-refractivity contribution in [2.45, 2.75) is 0 Å². The van der Waals surface area contributed by atoms with Crippen LogP contribution in [0.15, 0.2) is 24.3 Å². The number of sulfone groups is 1. The van der Waals surface area contributed by atoms with Gasteiger partial charge in [-0.2, -0.15) is 0 Å². The normalized spacial score (nSPS) is 11.4. The molecule has 0 bridgehead atoms. The molecule has 6 heteroatoms. The van der Waals surface area contributed by atoms with Crippen LogP contribution in [0, 0.1) is 5.82 Å². The highest BCUT2D eigenvalue weighted by Gasteiger charge is 2.09. The van der Waals surface area contributed by atoms with Crippen LogP contribution in [0.5, 0.6) is 5.75 Å². The largest absolute Gasteiger partial charge is 0.493 e. The molecule has 0 radical (unpaired) electrons. The van der Waals surface area contributed by atoms with E-state index in [9.17, 15) is 12.8 Å². The molecule has 2 N–H and O–H groups in total. The highest BCUT2D eigenvalue weighted by molar-refractivity contribution is 7.91. The Hall–Kier alpha value is -1.14. The molecule has 0 atom stereocenters. The highest BCUT2D eigenvalue weighted by atomic mass is 32.2. The second kappa shape index (κ2) is 5.81. The molecule has 0 aromatic heterocycles. The monoisotopic (exact) mass is 247 g/mol. The Kier molecular flexibility index (Phi) is 4.70. The number of nitrogens with two attached hydrogens (primary N) is 1. The minimum absolute atomic E-state index is 0.0419. The minimum atomic E-state index is -3.13. The molecule has 0 unspecified atom stereocenters. The minimum Gasteiger partial charge on any atom is -0.493 e. The van der Waals surface area contributed by atoms with Gasteiger partial charge < -0.3 is 10.5 Å². The molecule has 0 fully saturated rings. The quantitative estimate of drug-likeness (QED) is 0.798. The molecule has 0 amide bonds.